The van der Waals surface area contributed by atoms with E-state index < -0.39 is 6.10 Å². The third-order valence-electron chi connectivity index (χ3n) is 2.93. The maximum Gasteiger partial charge on any atom is 0.265 e. The van der Waals surface area contributed by atoms with Crippen LogP contribution in [0.25, 0.3) is 0 Å². The molecule has 5 nitrogen and oxygen atoms in total. The van der Waals surface area contributed by atoms with E-state index in [1.54, 1.807) is 13.1 Å². The Bertz CT molecular complexity index is 659. The predicted octanol–water partition coefficient (Wildman–Crippen LogP) is 3.13. The Kier molecular flexibility index (Phi) is 3.50. The van der Waals surface area contributed by atoms with Crippen LogP contribution in [0, 0.1) is 0 Å². The van der Waals surface area contributed by atoms with Crippen LogP contribution in [0.15, 0.2) is 24.4 Å². The molecule has 20 heavy (non-hydrogen) atoms. The Morgan fingerprint density at radius 3 is 3.15 bits per heavy atom. The normalized spacial score (nSPS) is 17.1. The van der Waals surface area contributed by atoms with Crippen molar-refractivity contribution in [3.8, 4) is 5.75 Å². The monoisotopic (exact) mass is 309 g/mol. The van der Waals surface area contributed by atoms with Crippen molar-refractivity contribution in [3.63, 3.8) is 0 Å². The summed E-state index contributed by atoms with van der Waals surface area (Å²) in [7, 11) is 0. The fraction of sp³-hybridized carbons (Fsp3) is 0.231. The molecule has 3 rings (SSSR count). The summed E-state index contributed by atoms with van der Waals surface area (Å²) in [6, 6.07) is 5.60. The minimum atomic E-state index is -0.474. The van der Waals surface area contributed by atoms with Gasteiger partial charge in [0, 0.05) is 11.1 Å². The smallest absolute Gasteiger partial charge is 0.265 e. The van der Waals surface area contributed by atoms with Crippen LogP contribution in [0.1, 0.15) is 11.8 Å². The molecular formula is C13H12ClN3O2S. The third-order valence-corrected chi connectivity index (χ3v) is 4.04. The Morgan fingerprint density at radius 1 is 1.55 bits per heavy atom. The summed E-state index contributed by atoms with van der Waals surface area (Å²) >= 11 is 7.21. The van der Waals surface area contributed by atoms with Gasteiger partial charge in [-0.2, -0.15) is 0 Å². The summed E-state index contributed by atoms with van der Waals surface area (Å²) in [4.78, 5) is 16.7. The first-order valence-corrected chi connectivity index (χ1v) is 7.27. The van der Waals surface area contributed by atoms with E-state index in [0.29, 0.717) is 22.4 Å². The number of hydrogen-bond donors (Lipinski definition) is 2. The summed E-state index contributed by atoms with van der Waals surface area (Å²) in [5.74, 6) is 0.525. The van der Waals surface area contributed by atoms with Crippen LogP contribution in [0.4, 0.5) is 11.4 Å². The largest absolute Gasteiger partial charge is 0.479 e. The van der Waals surface area contributed by atoms with E-state index in [1.807, 2.05) is 18.2 Å². The zero-order valence-electron chi connectivity index (χ0n) is 10.6. The van der Waals surface area contributed by atoms with Gasteiger partial charge >= 0.3 is 0 Å². The maximum atomic E-state index is 11.7. The number of fused-ring (bicyclic) bond motifs is 1. The minimum absolute atomic E-state index is 0.146. The third kappa shape index (κ3) is 2.57. The number of aromatic nitrogens is 1. The second-order valence-electron chi connectivity index (χ2n) is 4.36. The molecular weight excluding hydrogens is 298 g/mol. The Hall–Kier alpha value is -1.79. The number of thiazole rings is 1. The molecule has 1 unspecified atom stereocenters. The highest BCUT2D eigenvalue weighted by Crippen LogP contribution is 2.36. The minimum Gasteiger partial charge on any atom is -0.479 e. The molecule has 0 radical (unpaired) electrons. The number of nitrogens with one attached hydrogen (secondary N) is 2. The lowest BCUT2D eigenvalue weighted by atomic mass is 10.2. The van der Waals surface area contributed by atoms with Gasteiger partial charge < -0.3 is 15.4 Å². The molecule has 2 aromatic rings. The van der Waals surface area contributed by atoms with Crippen LogP contribution in [0.5, 0.6) is 5.75 Å². The lowest BCUT2D eigenvalue weighted by molar-refractivity contribution is -0.122. The van der Waals surface area contributed by atoms with E-state index >= 15 is 0 Å². The molecule has 1 aliphatic heterocycles. The summed E-state index contributed by atoms with van der Waals surface area (Å²) < 4.78 is 6.07. The average Bonchev–Trinajstić information content (AvgIpc) is 2.84. The zero-order chi connectivity index (χ0) is 14.1. The maximum absolute atomic E-state index is 11.7. The summed E-state index contributed by atoms with van der Waals surface area (Å²) in [6.07, 6.45) is 1.25. The van der Waals surface area contributed by atoms with Crippen molar-refractivity contribution in [3.05, 3.63) is 33.7 Å². The van der Waals surface area contributed by atoms with Crippen molar-refractivity contribution in [2.24, 2.45) is 0 Å². The van der Waals surface area contributed by atoms with Crippen LogP contribution in [0.2, 0.25) is 4.47 Å². The van der Waals surface area contributed by atoms with Crippen molar-refractivity contribution >= 4 is 40.2 Å². The molecule has 2 heterocycles. The van der Waals surface area contributed by atoms with Crippen molar-refractivity contribution in [1.29, 1.82) is 0 Å². The van der Waals surface area contributed by atoms with Crippen LogP contribution in [-0.4, -0.2) is 17.0 Å². The molecule has 0 fully saturated rings. The first kappa shape index (κ1) is 13.2. The summed E-state index contributed by atoms with van der Waals surface area (Å²) in [5.41, 5.74) is 1.48. The molecule has 1 amide bonds. The highest BCUT2D eigenvalue weighted by atomic mass is 35.5. The van der Waals surface area contributed by atoms with E-state index in [1.165, 1.54) is 11.3 Å². The summed E-state index contributed by atoms with van der Waals surface area (Å²) in [6.45, 7) is 2.31. The number of ether oxygens (including phenoxy) is 1. The lowest BCUT2D eigenvalue weighted by Gasteiger charge is -2.25. The fourth-order valence-corrected chi connectivity index (χ4v) is 2.84. The van der Waals surface area contributed by atoms with E-state index in [2.05, 4.69) is 15.6 Å². The number of halogens is 1. The molecule has 7 heteroatoms. The Labute approximate surface area is 124 Å². The van der Waals surface area contributed by atoms with Gasteiger partial charge in [-0.1, -0.05) is 17.7 Å². The lowest BCUT2D eigenvalue weighted by Crippen LogP contribution is -2.34. The number of para-hydroxylation sites is 1. The zero-order valence-corrected chi connectivity index (χ0v) is 12.2. The second-order valence-corrected chi connectivity index (χ2v) is 6.06. The first-order valence-electron chi connectivity index (χ1n) is 6.08. The summed E-state index contributed by atoms with van der Waals surface area (Å²) in [5, 5.41) is 6.11. The number of rotatable bonds is 3. The van der Waals surface area contributed by atoms with Gasteiger partial charge in [-0.3, -0.25) is 4.79 Å². The number of carbonyl (C=O) groups excluding carboxylic acids is 1. The highest BCUT2D eigenvalue weighted by molar-refractivity contribution is 7.15. The Morgan fingerprint density at radius 2 is 2.40 bits per heavy atom. The van der Waals surface area contributed by atoms with Gasteiger partial charge in [-0.15, -0.1) is 11.3 Å². The highest BCUT2D eigenvalue weighted by Gasteiger charge is 2.25. The number of anilines is 2. The molecule has 0 spiro atoms. The molecule has 1 aliphatic rings. The standard InChI is InChI=1S/C13H12ClN3O2S/c1-7-12(18)17-11-9(3-2-4-10(11)19-7)15-5-8-6-16-13(14)20-8/h2-4,6-7,15H,5H2,1H3,(H,17,18). The quantitative estimate of drug-likeness (QED) is 0.914. The van der Waals surface area contributed by atoms with Gasteiger partial charge in [-0.05, 0) is 19.1 Å². The van der Waals surface area contributed by atoms with Crippen molar-refractivity contribution < 1.29 is 9.53 Å². The second kappa shape index (κ2) is 5.30. The molecule has 0 saturated carbocycles. The average molecular weight is 310 g/mol. The molecule has 0 bridgehead atoms. The molecule has 1 aromatic carbocycles. The van der Waals surface area contributed by atoms with E-state index in [-0.39, 0.29) is 5.91 Å². The number of hydrogen-bond acceptors (Lipinski definition) is 5. The first-order chi connectivity index (χ1) is 9.63. The van der Waals surface area contributed by atoms with E-state index in [9.17, 15) is 4.79 Å². The molecule has 104 valence electrons. The SMILES string of the molecule is CC1Oc2cccc(NCc3cnc(Cl)s3)c2NC1=O. The van der Waals surface area contributed by atoms with Gasteiger partial charge in [0.2, 0.25) is 0 Å². The van der Waals surface area contributed by atoms with Crippen LogP contribution in [0.3, 0.4) is 0 Å². The van der Waals surface area contributed by atoms with Crippen molar-refractivity contribution in [2.45, 2.75) is 19.6 Å². The molecule has 0 aliphatic carbocycles. The number of benzene rings is 1. The fourth-order valence-electron chi connectivity index (χ4n) is 1.92. The number of nitrogens with zero attached hydrogens (tertiary/aromatic N) is 1. The van der Waals surface area contributed by atoms with Crippen LogP contribution >= 0.6 is 22.9 Å². The number of carbonyl (C=O) groups is 1. The van der Waals surface area contributed by atoms with E-state index in [4.69, 9.17) is 16.3 Å². The Balaban J connectivity index is 1.80. The van der Waals surface area contributed by atoms with Gasteiger partial charge in [0.25, 0.3) is 5.91 Å². The predicted molar refractivity (Wildman–Crippen MR) is 79.6 cm³/mol. The van der Waals surface area contributed by atoms with Crippen molar-refractivity contribution in [2.75, 3.05) is 10.6 Å². The topological polar surface area (TPSA) is 63.2 Å². The molecule has 0 saturated heterocycles. The van der Waals surface area contributed by atoms with Gasteiger partial charge in [0.05, 0.1) is 12.2 Å². The molecule has 1 atom stereocenters. The molecule has 1 aromatic heterocycles. The van der Waals surface area contributed by atoms with Gasteiger partial charge in [0.1, 0.15) is 11.4 Å². The van der Waals surface area contributed by atoms with Crippen LogP contribution < -0.4 is 15.4 Å². The van der Waals surface area contributed by atoms with E-state index in [0.717, 1.165) is 10.6 Å². The molecule has 2 N–H and O–H groups in total. The number of amides is 1. The van der Waals surface area contributed by atoms with Crippen LogP contribution in [-0.2, 0) is 11.3 Å². The van der Waals surface area contributed by atoms with Gasteiger partial charge in [-0.25, -0.2) is 4.98 Å². The van der Waals surface area contributed by atoms with Gasteiger partial charge in [0.15, 0.2) is 10.6 Å². The van der Waals surface area contributed by atoms with Crippen molar-refractivity contribution in [1.82, 2.24) is 4.98 Å².